The van der Waals surface area contributed by atoms with E-state index < -0.39 is 11.7 Å². The number of hydrogen-bond donors (Lipinski definition) is 0. The normalized spacial score (nSPS) is 23.2. The summed E-state index contributed by atoms with van der Waals surface area (Å²) in [5, 5.41) is 0. The number of likely N-dealkylation sites (N-methyl/N-ethyl adjacent to an activating group) is 1. The molecule has 1 aromatic carbocycles. The monoisotopic (exact) mass is 370 g/mol. The summed E-state index contributed by atoms with van der Waals surface area (Å²) in [6, 6.07) is 5.57. The van der Waals surface area contributed by atoms with Gasteiger partial charge in [0, 0.05) is 24.9 Å². The molecular formula is C19H25F3N2O2. The molecule has 1 fully saturated rings. The maximum Gasteiger partial charge on any atom is 0.416 e. The molecule has 3 rings (SSSR count). The fraction of sp³-hybridized carbons (Fsp3) is 0.579. The first-order valence-electron chi connectivity index (χ1n) is 8.86. The van der Waals surface area contributed by atoms with E-state index in [1.807, 2.05) is 14.1 Å². The zero-order valence-corrected chi connectivity index (χ0v) is 15.1. The molecule has 0 spiro atoms. The summed E-state index contributed by atoms with van der Waals surface area (Å²) in [7, 11) is 4.05. The summed E-state index contributed by atoms with van der Waals surface area (Å²) in [6.07, 6.45) is -0.171. The highest BCUT2D eigenvalue weighted by Gasteiger charge is 2.33. The van der Waals surface area contributed by atoms with E-state index in [0.717, 1.165) is 42.8 Å². The number of benzene rings is 1. The first-order chi connectivity index (χ1) is 12.3. The van der Waals surface area contributed by atoms with Gasteiger partial charge in [-0.15, -0.1) is 0 Å². The summed E-state index contributed by atoms with van der Waals surface area (Å²) in [5.41, 5.74) is 1.37. The zero-order chi connectivity index (χ0) is 18.7. The molecule has 2 aliphatic rings. The molecule has 0 N–H and O–H groups in total. The quantitative estimate of drug-likeness (QED) is 0.810. The molecule has 26 heavy (non-hydrogen) atoms. The van der Waals surface area contributed by atoms with Gasteiger partial charge < -0.3 is 14.4 Å². The van der Waals surface area contributed by atoms with Crippen LogP contribution in [-0.4, -0.2) is 56.1 Å². The maximum absolute atomic E-state index is 12.7. The van der Waals surface area contributed by atoms with Crippen LogP contribution in [0.4, 0.5) is 13.2 Å². The Morgan fingerprint density at radius 1 is 1.08 bits per heavy atom. The molecule has 7 heteroatoms. The topological polar surface area (TPSA) is 24.9 Å². The van der Waals surface area contributed by atoms with Crippen molar-refractivity contribution in [2.75, 3.05) is 34.0 Å². The molecule has 2 heterocycles. The summed E-state index contributed by atoms with van der Waals surface area (Å²) < 4.78 is 49.6. The van der Waals surface area contributed by atoms with Gasteiger partial charge in [-0.05, 0) is 44.0 Å². The lowest BCUT2D eigenvalue weighted by Crippen LogP contribution is -2.48. The highest BCUT2D eigenvalue weighted by atomic mass is 19.4. The Balaban J connectivity index is 1.69. The van der Waals surface area contributed by atoms with E-state index in [2.05, 4.69) is 16.0 Å². The van der Waals surface area contributed by atoms with Crippen molar-refractivity contribution in [3.8, 4) is 0 Å². The molecule has 0 radical (unpaired) electrons. The molecule has 0 aromatic heterocycles. The number of ether oxygens (including phenoxy) is 2. The second-order valence-corrected chi connectivity index (χ2v) is 6.96. The van der Waals surface area contributed by atoms with Crippen molar-refractivity contribution in [3.63, 3.8) is 0 Å². The Labute approximate surface area is 152 Å². The smallest absolute Gasteiger partial charge is 0.367 e. The number of alkyl halides is 3. The predicted molar refractivity (Wildman–Crippen MR) is 92.3 cm³/mol. The standard InChI is InChI=1S/C19H25F3N2O2/c1-23-12-16(18-25-10-3-11-26-18)17(24(2)13-23)9-6-14-4-7-15(8-5-14)19(20,21)22/h4-5,7-8,12,17-18H,3,6,9-11,13H2,1-2H3. The fourth-order valence-electron chi connectivity index (χ4n) is 3.54. The van der Waals surface area contributed by atoms with Gasteiger partial charge in [-0.3, -0.25) is 4.90 Å². The SMILES string of the molecule is CN1C=C(C2OCCCO2)C(CCc2ccc(C(F)(F)F)cc2)N(C)C1. The lowest BCUT2D eigenvalue weighted by Gasteiger charge is -2.41. The number of halogens is 3. The van der Waals surface area contributed by atoms with Crippen LogP contribution in [0.15, 0.2) is 36.0 Å². The Kier molecular flexibility index (Phi) is 5.89. The van der Waals surface area contributed by atoms with Crippen molar-refractivity contribution in [1.82, 2.24) is 9.80 Å². The largest absolute Gasteiger partial charge is 0.416 e. The molecule has 1 aromatic rings. The first-order valence-corrected chi connectivity index (χ1v) is 8.86. The second-order valence-electron chi connectivity index (χ2n) is 6.96. The number of hydrogen-bond acceptors (Lipinski definition) is 4. The molecule has 1 saturated heterocycles. The van der Waals surface area contributed by atoms with Crippen LogP contribution in [0.5, 0.6) is 0 Å². The van der Waals surface area contributed by atoms with E-state index in [1.54, 1.807) is 12.1 Å². The van der Waals surface area contributed by atoms with E-state index in [4.69, 9.17) is 9.47 Å². The Morgan fingerprint density at radius 2 is 1.73 bits per heavy atom. The van der Waals surface area contributed by atoms with Gasteiger partial charge in [0.15, 0.2) is 6.29 Å². The summed E-state index contributed by atoms with van der Waals surface area (Å²) >= 11 is 0. The molecule has 1 atom stereocenters. The van der Waals surface area contributed by atoms with Crippen LogP contribution in [0.2, 0.25) is 0 Å². The molecule has 4 nitrogen and oxygen atoms in total. The fourth-order valence-corrected chi connectivity index (χ4v) is 3.54. The van der Waals surface area contributed by atoms with Gasteiger partial charge in [-0.25, -0.2) is 0 Å². The second kappa shape index (κ2) is 7.98. The van der Waals surface area contributed by atoms with Crippen LogP contribution in [0.25, 0.3) is 0 Å². The third kappa shape index (κ3) is 4.58. The van der Waals surface area contributed by atoms with E-state index in [1.165, 1.54) is 0 Å². The predicted octanol–water partition coefficient (Wildman–Crippen LogP) is 3.49. The third-order valence-corrected chi connectivity index (χ3v) is 4.82. The van der Waals surface area contributed by atoms with Gasteiger partial charge in [0.2, 0.25) is 0 Å². The molecule has 0 saturated carbocycles. The van der Waals surface area contributed by atoms with E-state index in [9.17, 15) is 13.2 Å². The van der Waals surface area contributed by atoms with E-state index >= 15 is 0 Å². The first kappa shape index (κ1) is 19.2. The highest BCUT2D eigenvalue weighted by molar-refractivity contribution is 5.25. The molecule has 1 unspecified atom stereocenters. The minimum absolute atomic E-state index is 0.136. The zero-order valence-electron chi connectivity index (χ0n) is 15.1. The molecule has 0 amide bonds. The molecule has 2 aliphatic heterocycles. The Hall–Kier alpha value is -1.57. The Morgan fingerprint density at radius 3 is 2.35 bits per heavy atom. The van der Waals surface area contributed by atoms with E-state index in [-0.39, 0.29) is 12.3 Å². The van der Waals surface area contributed by atoms with Gasteiger partial charge >= 0.3 is 6.18 Å². The van der Waals surface area contributed by atoms with Crippen molar-refractivity contribution in [1.29, 1.82) is 0 Å². The van der Waals surface area contributed by atoms with Crippen LogP contribution < -0.4 is 0 Å². The van der Waals surface area contributed by atoms with Gasteiger partial charge in [0.05, 0.1) is 25.4 Å². The average molecular weight is 370 g/mol. The lowest BCUT2D eigenvalue weighted by atomic mass is 9.96. The molecule has 0 aliphatic carbocycles. The lowest BCUT2D eigenvalue weighted by molar-refractivity contribution is -0.163. The minimum Gasteiger partial charge on any atom is -0.367 e. The van der Waals surface area contributed by atoms with Crippen LogP contribution in [-0.2, 0) is 22.1 Å². The summed E-state index contributed by atoms with van der Waals surface area (Å²) in [6.45, 7) is 2.15. The van der Waals surface area contributed by atoms with Crippen LogP contribution >= 0.6 is 0 Å². The number of rotatable bonds is 4. The van der Waals surface area contributed by atoms with Crippen LogP contribution in [0.3, 0.4) is 0 Å². The van der Waals surface area contributed by atoms with Crippen LogP contribution in [0, 0.1) is 0 Å². The van der Waals surface area contributed by atoms with Crippen LogP contribution in [0.1, 0.15) is 24.0 Å². The minimum atomic E-state index is -4.29. The van der Waals surface area contributed by atoms with Crippen molar-refractivity contribution in [2.24, 2.45) is 0 Å². The summed E-state index contributed by atoms with van der Waals surface area (Å²) in [5.74, 6) is 0. The molecular weight excluding hydrogens is 345 g/mol. The molecule has 0 bridgehead atoms. The van der Waals surface area contributed by atoms with Gasteiger partial charge in [-0.1, -0.05) is 12.1 Å². The van der Waals surface area contributed by atoms with Gasteiger partial charge in [-0.2, -0.15) is 13.2 Å². The average Bonchev–Trinajstić information content (AvgIpc) is 2.61. The van der Waals surface area contributed by atoms with Gasteiger partial charge in [0.25, 0.3) is 0 Å². The van der Waals surface area contributed by atoms with Crippen molar-refractivity contribution in [2.45, 2.75) is 37.8 Å². The molecule has 144 valence electrons. The Bertz CT molecular complexity index is 625. The third-order valence-electron chi connectivity index (χ3n) is 4.82. The van der Waals surface area contributed by atoms with Crippen molar-refractivity contribution < 1.29 is 22.6 Å². The highest BCUT2D eigenvalue weighted by Crippen LogP contribution is 2.30. The summed E-state index contributed by atoms with van der Waals surface area (Å²) in [4.78, 5) is 4.31. The van der Waals surface area contributed by atoms with Crippen molar-refractivity contribution >= 4 is 0 Å². The van der Waals surface area contributed by atoms with E-state index in [0.29, 0.717) is 19.6 Å². The maximum atomic E-state index is 12.7. The van der Waals surface area contributed by atoms with Crippen molar-refractivity contribution in [3.05, 3.63) is 47.2 Å². The number of nitrogens with zero attached hydrogens (tertiary/aromatic N) is 2. The number of aryl methyl sites for hydroxylation is 1. The van der Waals surface area contributed by atoms with Gasteiger partial charge in [0.1, 0.15) is 0 Å².